The highest BCUT2D eigenvalue weighted by Crippen LogP contribution is 2.48. The summed E-state index contributed by atoms with van der Waals surface area (Å²) < 4.78 is 0. The first-order valence-electron chi connectivity index (χ1n) is 7.85. The Morgan fingerprint density at radius 1 is 1.21 bits per heavy atom. The molecule has 3 heteroatoms. The van der Waals surface area contributed by atoms with Gasteiger partial charge in [-0.3, -0.25) is 4.79 Å². The van der Waals surface area contributed by atoms with Gasteiger partial charge in [-0.15, -0.1) is 0 Å². The third-order valence-corrected chi connectivity index (χ3v) is 5.78. The number of carbonyl (C=O) groups excluding carboxylic acids is 1. The number of rotatable bonds is 2. The topological polar surface area (TPSA) is 52.9 Å². The molecule has 3 nitrogen and oxygen atoms in total. The van der Waals surface area contributed by atoms with Gasteiger partial charge in [0.1, 0.15) is 5.54 Å². The molecule has 104 valence electrons. The van der Waals surface area contributed by atoms with Crippen molar-refractivity contribution >= 4 is 5.91 Å². The van der Waals surface area contributed by atoms with Gasteiger partial charge in [0.2, 0.25) is 5.91 Å². The molecule has 0 aliphatic heterocycles. The lowest BCUT2D eigenvalue weighted by Gasteiger charge is -2.36. The van der Waals surface area contributed by atoms with Crippen LogP contribution in [0.2, 0.25) is 0 Å². The van der Waals surface area contributed by atoms with Gasteiger partial charge in [-0.05, 0) is 62.7 Å². The Kier molecular flexibility index (Phi) is 3.28. The van der Waals surface area contributed by atoms with Crippen LogP contribution in [-0.4, -0.2) is 11.4 Å². The fourth-order valence-electron chi connectivity index (χ4n) is 4.41. The van der Waals surface area contributed by atoms with Crippen LogP contribution < -0.4 is 5.32 Å². The zero-order chi connectivity index (χ0) is 13.5. The van der Waals surface area contributed by atoms with E-state index in [2.05, 4.69) is 18.3 Å². The van der Waals surface area contributed by atoms with E-state index >= 15 is 0 Å². The molecular weight excluding hydrogens is 236 g/mol. The summed E-state index contributed by atoms with van der Waals surface area (Å²) in [6.45, 7) is 2.24. The lowest BCUT2D eigenvalue weighted by molar-refractivity contribution is -0.128. The smallest absolute Gasteiger partial charge is 0.224 e. The second-order valence-corrected chi connectivity index (χ2v) is 7.15. The molecule has 0 aromatic heterocycles. The molecule has 3 atom stereocenters. The Bertz CT molecular complexity index is 403. The molecule has 3 rings (SSSR count). The predicted octanol–water partition coefficient (Wildman–Crippen LogP) is 3.01. The predicted molar refractivity (Wildman–Crippen MR) is 73.1 cm³/mol. The molecule has 0 aromatic rings. The van der Waals surface area contributed by atoms with Gasteiger partial charge in [-0.2, -0.15) is 5.26 Å². The van der Waals surface area contributed by atoms with Crippen molar-refractivity contribution < 1.29 is 4.79 Å². The maximum atomic E-state index is 12.5. The monoisotopic (exact) mass is 260 g/mol. The molecule has 3 unspecified atom stereocenters. The molecule has 3 saturated carbocycles. The second kappa shape index (κ2) is 4.81. The maximum absolute atomic E-state index is 12.5. The van der Waals surface area contributed by atoms with Crippen molar-refractivity contribution in [2.75, 3.05) is 0 Å². The van der Waals surface area contributed by atoms with E-state index < -0.39 is 5.54 Å². The fraction of sp³-hybridized carbons (Fsp3) is 0.875. The van der Waals surface area contributed by atoms with Crippen molar-refractivity contribution in [2.24, 2.45) is 23.7 Å². The van der Waals surface area contributed by atoms with Crippen LogP contribution in [0.15, 0.2) is 0 Å². The van der Waals surface area contributed by atoms with E-state index in [0.717, 1.165) is 38.0 Å². The van der Waals surface area contributed by atoms with Gasteiger partial charge in [0, 0.05) is 5.92 Å². The lowest BCUT2D eigenvalue weighted by Crippen LogP contribution is -2.52. The molecule has 19 heavy (non-hydrogen) atoms. The SMILES string of the molecule is CC1CCC(C#N)(NC(=O)C2CC3CCC2C3)CC1. The maximum Gasteiger partial charge on any atom is 0.224 e. The van der Waals surface area contributed by atoms with Gasteiger partial charge < -0.3 is 5.32 Å². The molecule has 2 bridgehead atoms. The lowest BCUT2D eigenvalue weighted by atomic mass is 9.77. The van der Waals surface area contributed by atoms with Crippen LogP contribution in [0.3, 0.4) is 0 Å². The van der Waals surface area contributed by atoms with Gasteiger partial charge in [0.25, 0.3) is 0 Å². The van der Waals surface area contributed by atoms with Crippen LogP contribution in [-0.2, 0) is 4.79 Å². The summed E-state index contributed by atoms with van der Waals surface area (Å²) in [6, 6.07) is 2.40. The van der Waals surface area contributed by atoms with Crippen molar-refractivity contribution in [2.45, 2.75) is 63.8 Å². The highest BCUT2D eigenvalue weighted by atomic mass is 16.2. The number of fused-ring (bicyclic) bond motifs is 2. The number of nitriles is 1. The third-order valence-electron chi connectivity index (χ3n) is 5.78. The highest BCUT2D eigenvalue weighted by Gasteiger charge is 2.45. The highest BCUT2D eigenvalue weighted by molar-refractivity contribution is 5.80. The molecule has 3 aliphatic carbocycles. The van der Waals surface area contributed by atoms with Crippen molar-refractivity contribution in [3.05, 3.63) is 0 Å². The Labute approximate surface area is 115 Å². The van der Waals surface area contributed by atoms with Crippen molar-refractivity contribution in [3.63, 3.8) is 0 Å². The summed E-state index contributed by atoms with van der Waals surface area (Å²) in [5, 5.41) is 12.6. The number of hydrogen-bond donors (Lipinski definition) is 1. The Morgan fingerprint density at radius 2 is 1.95 bits per heavy atom. The molecule has 1 N–H and O–H groups in total. The van der Waals surface area contributed by atoms with E-state index in [-0.39, 0.29) is 11.8 Å². The first kappa shape index (κ1) is 13.0. The summed E-state index contributed by atoms with van der Waals surface area (Å²) >= 11 is 0. The first-order valence-corrected chi connectivity index (χ1v) is 7.85. The second-order valence-electron chi connectivity index (χ2n) is 7.15. The Hall–Kier alpha value is -1.04. The number of nitrogens with one attached hydrogen (secondary N) is 1. The Balaban J connectivity index is 1.63. The molecule has 0 spiro atoms. The zero-order valence-corrected chi connectivity index (χ0v) is 11.8. The van der Waals surface area contributed by atoms with E-state index in [4.69, 9.17) is 0 Å². The van der Waals surface area contributed by atoms with Crippen LogP contribution in [0, 0.1) is 35.0 Å². The average molecular weight is 260 g/mol. The quantitative estimate of drug-likeness (QED) is 0.829. The number of hydrogen-bond acceptors (Lipinski definition) is 2. The molecule has 3 fully saturated rings. The number of amides is 1. The molecule has 3 aliphatic rings. The van der Waals surface area contributed by atoms with E-state index in [1.54, 1.807) is 0 Å². The zero-order valence-electron chi connectivity index (χ0n) is 11.8. The van der Waals surface area contributed by atoms with E-state index in [1.165, 1.54) is 19.3 Å². The minimum atomic E-state index is -0.564. The molecular formula is C16H24N2O. The van der Waals surface area contributed by atoms with Crippen LogP contribution in [0.5, 0.6) is 0 Å². The summed E-state index contributed by atoms with van der Waals surface area (Å²) in [5.41, 5.74) is -0.564. The van der Waals surface area contributed by atoms with E-state index in [9.17, 15) is 10.1 Å². The van der Waals surface area contributed by atoms with Gasteiger partial charge >= 0.3 is 0 Å². The van der Waals surface area contributed by atoms with Crippen LogP contribution in [0.4, 0.5) is 0 Å². The molecule has 0 heterocycles. The summed E-state index contributed by atoms with van der Waals surface area (Å²) in [6.07, 6.45) is 8.63. The number of nitrogens with zero attached hydrogens (tertiary/aromatic N) is 1. The minimum Gasteiger partial charge on any atom is -0.338 e. The summed E-state index contributed by atoms with van der Waals surface area (Å²) in [5.74, 6) is 2.45. The number of carbonyl (C=O) groups is 1. The Morgan fingerprint density at radius 3 is 2.47 bits per heavy atom. The van der Waals surface area contributed by atoms with Crippen molar-refractivity contribution in [1.29, 1.82) is 5.26 Å². The largest absolute Gasteiger partial charge is 0.338 e. The van der Waals surface area contributed by atoms with Gasteiger partial charge in [0.05, 0.1) is 6.07 Å². The van der Waals surface area contributed by atoms with Crippen LogP contribution >= 0.6 is 0 Å². The van der Waals surface area contributed by atoms with Crippen molar-refractivity contribution in [1.82, 2.24) is 5.32 Å². The average Bonchev–Trinajstić information content (AvgIpc) is 3.04. The normalized spacial score (nSPS) is 44.8. The standard InChI is InChI=1S/C16H24N2O/c1-11-4-6-16(10-17,7-5-11)18-15(19)14-9-12-2-3-13(14)8-12/h11-14H,2-9H2,1H3,(H,18,19). The molecule has 0 saturated heterocycles. The third kappa shape index (κ3) is 2.38. The van der Waals surface area contributed by atoms with Crippen LogP contribution in [0.1, 0.15) is 58.3 Å². The minimum absolute atomic E-state index is 0.170. The van der Waals surface area contributed by atoms with Crippen LogP contribution in [0.25, 0.3) is 0 Å². The van der Waals surface area contributed by atoms with Crippen molar-refractivity contribution in [3.8, 4) is 6.07 Å². The molecule has 1 amide bonds. The van der Waals surface area contributed by atoms with Gasteiger partial charge in [-0.1, -0.05) is 13.3 Å². The summed E-state index contributed by atoms with van der Waals surface area (Å²) in [4.78, 5) is 12.5. The van der Waals surface area contributed by atoms with Gasteiger partial charge in [-0.25, -0.2) is 0 Å². The van der Waals surface area contributed by atoms with E-state index in [0.29, 0.717) is 11.8 Å². The first-order chi connectivity index (χ1) is 9.12. The summed E-state index contributed by atoms with van der Waals surface area (Å²) in [7, 11) is 0. The van der Waals surface area contributed by atoms with E-state index in [1.807, 2.05) is 0 Å². The molecule has 0 aromatic carbocycles. The fourth-order valence-corrected chi connectivity index (χ4v) is 4.41. The molecule has 0 radical (unpaired) electrons. The van der Waals surface area contributed by atoms with Gasteiger partial charge in [0.15, 0.2) is 0 Å².